The number of hydrogen-bond donors (Lipinski definition) is 2. The van der Waals surface area contributed by atoms with Gasteiger partial charge in [0, 0.05) is 56.2 Å². The molecule has 0 unspecified atom stereocenters. The van der Waals surface area contributed by atoms with Gasteiger partial charge < -0.3 is 15.2 Å². The zero-order valence-corrected chi connectivity index (χ0v) is 12.9. The van der Waals surface area contributed by atoms with Crippen LogP contribution in [0.15, 0.2) is 55.2 Å². The first kappa shape index (κ1) is 14.0. The number of rotatable bonds is 5. The van der Waals surface area contributed by atoms with Gasteiger partial charge in [0.1, 0.15) is 5.82 Å². The van der Waals surface area contributed by atoms with Crippen LogP contribution in [0.5, 0.6) is 0 Å². The van der Waals surface area contributed by atoms with Gasteiger partial charge in [-0.2, -0.15) is 5.10 Å². The third-order valence-corrected chi connectivity index (χ3v) is 4.22. The Balaban J connectivity index is 1.28. The van der Waals surface area contributed by atoms with Gasteiger partial charge in [-0.05, 0) is 17.7 Å². The Labute approximate surface area is 135 Å². The van der Waals surface area contributed by atoms with Crippen molar-refractivity contribution in [2.24, 2.45) is 5.92 Å². The molecule has 3 heterocycles. The molecule has 3 aromatic rings. The number of benzene rings is 1. The molecule has 0 amide bonds. The molecular formula is C17H20N6. The molecule has 6 nitrogen and oxygen atoms in total. The fourth-order valence-corrected chi connectivity index (χ4v) is 2.94. The van der Waals surface area contributed by atoms with Crippen LogP contribution in [0.2, 0.25) is 0 Å². The third kappa shape index (κ3) is 3.12. The highest BCUT2D eigenvalue weighted by Crippen LogP contribution is 2.16. The van der Waals surface area contributed by atoms with E-state index in [1.165, 1.54) is 5.56 Å². The summed E-state index contributed by atoms with van der Waals surface area (Å²) >= 11 is 0. The van der Waals surface area contributed by atoms with E-state index in [9.17, 15) is 0 Å². The van der Waals surface area contributed by atoms with Crippen LogP contribution in [-0.2, 0) is 13.1 Å². The molecule has 0 saturated carbocycles. The highest BCUT2D eigenvalue weighted by atomic mass is 15.3. The Bertz CT molecular complexity index is 744. The Morgan fingerprint density at radius 2 is 2.09 bits per heavy atom. The molecule has 0 bridgehead atoms. The first-order chi connectivity index (χ1) is 11.4. The maximum absolute atomic E-state index is 4.33. The summed E-state index contributed by atoms with van der Waals surface area (Å²) in [7, 11) is 0. The second kappa shape index (κ2) is 6.26. The summed E-state index contributed by atoms with van der Waals surface area (Å²) in [6, 6.07) is 10.6. The van der Waals surface area contributed by atoms with Gasteiger partial charge in [0.25, 0.3) is 0 Å². The predicted molar refractivity (Wildman–Crippen MR) is 89.5 cm³/mol. The summed E-state index contributed by atoms with van der Waals surface area (Å²) in [5.74, 6) is 1.68. The van der Waals surface area contributed by atoms with E-state index in [0.29, 0.717) is 5.92 Å². The van der Waals surface area contributed by atoms with Crippen molar-refractivity contribution < 1.29 is 0 Å². The Morgan fingerprint density at radius 1 is 1.17 bits per heavy atom. The van der Waals surface area contributed by atoms with Crippen molar-refractivity contribution >= 4 is 5.82 Å². The standard InChI is InChI=1S/C17H20N6/c1-3-16(22-8-7-18-13-22)4-2-14(1)9-19-10-15-11-20-17-5-6-21-23(17)12-15/h1-8,13,15,19-20H,9-12H2/t15-/m0/s1. The van der Waals surface area contributed by atoms with Crippen LogP contribution < -0.4 is 10.6 Å². The molecule has 1 aliphatic heterocycles. The van der Waals surface area contributed by atoms with Crippen LogP contribution in [0.3, 0.4) is 0 Å². The van der Waals surface area contributed by atoms with Gasteiger partial charge in [-0.3, -0.25) is 0 Å². The van der Waals surface area contributed by atoms with Gasteiger partial charge in [-0.25, -0.2) is 9.67 Å². The normalized spacial score (nSPS) is 16.8. The highest BCUT2D eigenvalue weighted by Gasteiger charge is 2.17. The van der Waals surface area contributed by atoms with Crippen molar-refractivity contribution in [3.63, 3.8) is 0 Å². The number of nitrogens with zero attached hydrogens (tertiary/aromatic N) is 4. The lowest BCUT2D eigenvalue weighted by Gasteiger charge is -2.25. The number of nitrogens with one attached hydrogen (secondary N) is 2. The van der Waals surface area contributed by atoms with Crippen LogP contribution >= 0.6 is 0 Å². The Hall–Kier alpha value is -2.60. The molecule has 0 saturated heterocycles. The Morgan fingerprint density at radius 3 is 2.91 bits per heavy atom. The zero-order valence-electron chi connectivity index (χ0n) is 12.9. The van der Waals surface area contributed by atoms with Crippen molar-refractivity contribution in [2.75, 3.05) is 18.4 Å². The van der Waals surface area contributed by atoms with Crippen molar-refractivity contribution in [3.05, 3.63) is 60.8 Å². The monoisotopic (exact) mass is 308 g/mol. The fourth-order valence-electron chi connectivity index (χ4n) is 2.94. The Kier molecular flexibility index (Phi) is 3.81. The third-order valence-electron chi connectivity index (χ3n) is 4.22. The quantitative estimate of drug-likeness (QED) is 0.756. The van der Waals surface area contributed by atoms with Crippen molar-refractivity contribution in [3.8, 4) is 5.69 Å². The summed E-state index contributed by atoms with van der Waals surface area (Å²) < 4.78 is 4.04. The highest BCUT2D eigenvalue weighted by molar-refractivity contribution is 5.36. The van der Waals surface area contributed by atoms with E-state index in [0.717, 1.165) is 37.7 Å². The van der Waals surface area contributed by atoms with Gasteiger partial charge in [0.05, 0.1) is 12.5 Å². The zero-order chi connectivity index (χ0) is 15.5. The van der Waals surface area contributed by atoms with E-state index in [-0.39, 0.29) is 0 Å². The summed E-state index contributed by atoms with van der Waals surface area (Å²) in [4.78, 5) is 4.07. The van der Waals surface area contributed by atoms with Crippen molar-refractivity contribution in [1.29, 1.82) is 0 Å². The maximum atomic E-state index is 4.33. The second-order valence-corrected chi connectivity index (χ2v) is 5.91. The molecule has 23 heavy (non-hydrogen) atoms. The lowest BCUT2D eigenvalue weighted by Crippen LogP contribution is -2.35. The number of anilines is 1. The minimum absolute atomic E-state index is 0.563. The van der Waals surface area contributed by atoms with Crippen LogP contribution in [0.25, 0.3) is 5.69 Å². The number of hydrogen-bond acceptors (Lipinski definition) is 4. The number of aromatic nitrogens is 4. The summed E-state index contributed by atoms with van der Waals surface area (Å²) in [6.45, 7) is 3.84. The second-order valence-electron chi connectivity index (χ2n) is 5.91. The average molecular weight is 308 g/mol. The van der Waals surface area contributed by atoms with E-state index in [4.69, 9.17) is 0 Å². The smallest absolute Gasteiger partial charge is 0.124 e. The van der Waals surface area contributed by atoms with Crippen LogP contribution in [0, 0.1) is 5.92 Å². The van der Waals surface area contributed by atoms with E-state index in [1.807, 2.05) is 34.0 Å². The minimum atomic E-state index is 0.563. The molecule has 2 N–H and O–H groups in total. The van der Waals surface area contributed by atoms with E-state index < -0.39 is 0 Å². The molecule has 6 heteroatoms. The summed E-state index contributed by atoms with van der Waals surface area (Å²) in [5.41, 5.74) is 2.42. The average Bonchev–Trinajstić information content (AvgIpc) is 3.27. The summed E-state index contributed by atoms with van der Waals surface area (Å²) in [5, 5.41) is 11.3. The number of imidazole rings is 1. The molecule has 0 fully saturated rings. The molecule has 0 aliphatic carbocycles. The van der Waals surface area contributed by atoms with Gasteiger partial charge in [0.2, 0.25) is 0 Å². The molecular weight excluding hydrogens is 288 g/mol. The molecule has 1 aromatic carbocycles. The SMILES string of the molecule is c1cn(-c2ccc(CNC[C@H]3CNc4ccnn4C3)cc2)cn1. The molecule has 118 valence electrons. The lowest BCUT2D eigenvalue weighted by molar-refractivity contribution is 0.391. The molecule has 1 atom stereocenters. The van der Waals surface area contributed by atoms with Crippen LogP contribution in [-0.4, -0.2) is 32.4 Å². The van der Waals surface area contributed by atoms with Crippen LogP contribution in [0.4, 0.5) is 5.82 Å². The molecule has 0 radical (unpaired) electrons. The van der Waals surface area contributed by atoms with Gasteiger partial charge >= 0.3 is 0 Å². The van der Waals surface area contributed by atoms with E-state index >= 15 is 0 Å². The first-order valence-corrected chi connectivity index (χ1v) is 7.92. The van der Waals surface area contributed by atoms with E-state index in [1.54, 1.807) is 6.20 Å². The van der Waals surface area contributed by atoms with Crippen molar-refractivity contribution in [1.82, 2.24) is 24.6 Å². The predicted octanol–water partition coefficient (Wildman–Crippen LogP) is 1.90. The van der Waals surface area contributed by atoms with Gasteiger partial charge in [-0.1, -0.05) is 12.1 Å². The topological polar surface area (TPSA) is 59.7 Å². The minimum Gasteiger partial charge on any atom is -0.370 e. The summed E-state index contributed by atoms with van der Waals surface area (Å²) in [6.07, 6.45) is 7.40. The van der Waals surface area contributed by atoms with Crippen molar-refractivity contribution in [2.45, 2.75) is 13.1 Å². The maximum Gasteiger partial charge on any atom is 0.124 e. The first-order valence-electron chi connectivity index (χ1n) is 7.92. The van der Waals surface area contributed by atoms with Gasteiger partial charge in [-0.15, -0.1) is 0 Å². The molecule has 1 aliphatic rings. The fraction of sp³-hybridized carbons (Fsp3) is 0.294. The van der Waals surface area contributed by atoms with Crippen LogP contribution in [0.1, 0.15) is 5.56 Å². The largest absolute Gasteiger partial charge is 0.370 e. The molecule has 2 aromatic heterocycles. The molecule has 4 rings (SSSR count). The van der Waals surface area contributed by atoms with Gasteiger partial charge in [0.15, 0.2) is 0 Å². The van der Waals surface area contributed by atoms with E-state index in [2.05, 4.69) is 45.0 Å². The lowest BCUT2D eigenvalue weighted by atomic mass is 10.1. The number of fused-ring (bicyclic) bond motifs is 1. The molecule has 0 spiro atoms.